The Morgan fingerprint density at radius 3 is 2.29 bits per heavy atom. The molecule has 2 fully saturated rings. The number of nitrogens with zero attached hydrogens (tertiary/aromatic N) is 3. The van der Waals surface area contributed by atoms with Crippen LogP contribution in [0.4, 0.5) is 0 Å². The highest BCUT2D eigenvalue weighted by Crippen LogP contribution is 2.23. The summed E-state index contributed by atoms with van der Waals surface area (Å²) in [6.07, 6.45) is 5.23. The van der Waals surface area contributed by atoms with Gasteiger partial charge in [-0.2, -0.15) is 0 Å². The van der Waals surface area contributed by atoms with Crippen molar-refractivity contribution in [2.45, 2.75) is 58.5 Å². The topological polar surface area (TPSA) is 42.9 Å². The van der Waals surface area contributed by atoms with Gasteiger partial charge < -0.3 is 15.5 Å². The lowest BCUT2D eigenvalue weighted by atomic mass is 9.87. The normalized spacial score (nSPS) is 28.1. The van der Waals surface area contributed by atoms with Crippen LogP contribution in [-0.4, -0.2) is 74.2 Å². The number of piperazine rings is 1. The summed E-state index contributed by atoms with van der Waals surface area (Å²) in [5.74, 6) is 1.87. The lowest BCUT2D eigenvalue weighted by Crippen LogP contribution is -2.53. The van der Waals surface area contributed by atoms with Crippen molar-refractivity contribution in [1.82, 2.24) is 20.4 Å². The van der Waals surface area contributed by atoms with Gasteiger partial charge in [-0.3, -0.25) is 9.89 Å². The fraction of sp³-hybridized carbons (Fsp3) is 0.944. The molecule has 2 aliphatic rings. The van der Waals surface area contributed by atoms with E-state index in [1.165, 1.54) is 58.4 Å². The van der Waals surface area contributed by atoms with Crippen molar-refractivity contribution >= 4 is 29.9 Å². The van der Waals surface area contributed by atoms with Crippen molar-refractivity contribution in [3.05, 3.63) is 0 Å². The third-order valence-electron chi connectivity index (χ3n) is 5.62. The minimum absolute atomic E-state index is 0. The van der Waals surface area contributed by atoms with E-state index in [4.69, 9.17) is 0 Å². The fourth-order valence-corrected chi connectivity index (χ4v) is 3.69. The van der Waals surface area contributed by atoms with E-state index in [2.05, 4.69) is 46.2 Å². The maximum atomic E-state index is 4.41. The molecule has 2 N–H and O–H groups in total. The molecule has 0 radical (unpaired) electrons. The molecule has 2 rings (SSSR count). The van der Waals surface area contributed by atoms with E-state index in [1.54, 1.807) is 0 Å². The van der Waals surface area contributed by atoms with Gasteiger partial charge in [0, 0.05) is 51.9 Å². The minimum Gasteiger partial charge on any atom is -0.355 e. The Labute approximate surface area is 166 Å². The summed E-state index contributed by atoms with van der Waals surface area (Å²) in [5, 5.41) is 7.15. The minimum atomic E-state index is 0. The van der Waals surface area contributed by atoms with Gasteiger partial charge in [0.15, 0.2) is 5.96 Å². The molecular weight excluding hydrogens is 413 g/mol. The Hall–Kier alpha value is -0.0800. The van der Waals surface area contributed by atoms with Crippen LogP contribution in [0.25, 0.3) is 0 Å². The molecule has 0 bridgehead atoms. The summed E-state index contributed by atoms with van der Waals surface area (Å²) in [5.41, 5.74) is 0. The Bertz CT molecular complexity index is 360. The molecule has 0 aromatic rings. The van der Waals surface area contributed by atoms with Gasteiger partial charge >= 0.3 is 0 Å². The van der Waals surface area contributed by atoms with Crippen LogP contribution >= 0.6 is 24.0 Å². The second-order valence-corrected chi connectivity index (χ2v) is 7.37. The standard InChI is InChI=1S/C18H37N5.HI/c1-5-22-10-12-23(13-11-22)16(3)14-20-18(19-4)21-17-8-6-15(2)7-9-17;/h15-17H,5-14H2,1-4H3,(H2,19,20,21);1H. The molecule has 1 unspecified atom stereocenters. The lowest BCUT2D eigenvalue weighted by Gasteiger charge is -2.38. The molecule has 1 aliphatic heterocycles. The fourth-order valence-electron chi connectivity index (χ4n) is 3.69. The smallest absolute Gasteiger partial charge is 0.191 e. The lowest BCUT2D eigenvalue weighted by molar-refractivity contribution is 0.107. The van der Waals surface area contributed by atoms with Crippen LogP contribution in [-0.2, 0) is 0 Å². The number of hydrogen-bond acceptors (Lipinski definition) is 3. The van der Waals surface area contributed by atoms with E-state index < -0.39 is 0 Å². The van der Waals surface area contributed by atoms with Crippen molar-refractivity contribution in [2.24, 2.45) is 10.9 Å². The second kappa shape index (κ2) is 11.5. The maximum Gasteiger partial charge on any atom is 0.191 e. The summed E-state index contributed by atoms with van der Waals surface area (Å²) in [6, 6.07) is 1.15. The molecule has 1 aliphatic carbocycles. The van der Waals surface area contributed by atoms with E-state index in [0.717, 1.165) is 18.4 Å². The molecule has 0 aromatic heterocycles. The molecule has 6 heteroatoms. The van der Waals surface area contributed by atoms with Crippen molar-refractivity contribution in [1.29, 1.82) is 0 Å². The van der Waals surface area contributed by atoms with E-state index in [9.17, 15) is 0 Å². The molecule has 24 heavy (non-hydrogen) atoms. The van der Waals surface area contributed by atoms with Gasteiger partial charge in [0.05, 0.1) is 0 Å². The molecule has 0 aromatic carbocycles. The number of aliphatic imine (C=N–C) groups is 1. The molecule has 1 heterocycles. The summed E-state index contributed by atoms with van der Waals surface area (Å²) in [4.78, 5) is 9.53. The zero-order chi connectivity index (χ0) is 16.7. The Balaban J connectivity index is 0.00000288. The number of rotatable bonds is 5. The average Bonchev–Trinajstić information content (AvgIpc) is 2.60. The Morgan fingerprint density at radius 2 is 1.75 bits per heavy atom. The first-order valence-electron chi connectivity index (χ1n) is 9.56. The van der Waals surface area contributed by atoms with E-state index in [0.29, 0.717) is 12.1 Å². The molecule has 0 amide bonds. The van der Waals surface area contributed by atoms with Crippen molar-refractivity contribution in [3.8, 4) is 0 Å². The summed E-state index contributed by atoms with van der Waals surface area (Å²) >= 11 is 0. The van der Waals surface area contributed by atoms with Crippen LogP contribution in [0.2, 0.25) is 0 Å². The summed E-state index contributed by atoms with van der Waals surface area (Å²) < 4.78 is 0. The van der Waals surface area contributed by atoms with Crippen molar-refractivity contribution in [3.63, 3.8) is 0 Å². The quantitative estimate of drug-likeness (QED) is 0.383. The molecular formula is C18H38IN5. The first kappa shape index (κ1) is 22.0. The second-order valence-electron chi connectivity index (χ2n) is 7.37. The third-order valence-corrected chi connectivity index (χ3v) is 5.62. The largest absolute Gasteiger partial charge is 0.355 e. The van der Waals surface area contributed by atoms with Gasteiger partial charge in [0.2, 0.25) is 0 Å². The predicted molar refractivity (Wildman–Crippen MR) is 114 cm³/mol. The van der Waals surface area contributed by atoms with Crippen LogP contribution in [0.5, 0.6) is 0 Å². The van der Waals surface area contributed by atoms with Gasteiger partial charge in [-0.1, -0.05) is 13.8 Å². The average molecular weight is 451 g/mol. The van der Waals surface area contributed by atoms with Gasteiger partial charge in [0.1, 0.15) is 0 Å². The zero-order valence-electron chi connectivity index (χ0n) is 16.1. The Kier molecular flexibility index (Phi) is 10.5. The number of guanidine groups is 1. The zero-order valence-corrected chi connectivity index (χ0v) is 18.4. The summed E-state index contributed by atoms with van der Waals surface area (Å²) in [7, 11) is 1.88. The molecule has 1 atom stereocenters. The number of nitrogens with one attached hydrogen (secondary N) is 2. The van der Waals surface area contributed by atoms with Crippen LogP contribution < -0.4 is 10.6 Å². The highest BCUT2D eigenvalue weighted by Gasteiger charge is 2.21. The molecule has 5 nitrogen and oxygen atoms in total. The molecule has 0 spiro atoms. The monoisotopic (exact) mass is 451 g/mol. The Morgan fingerprint density at radius 1 is 1.12 bits per heavy atom. The number of halogens is 1. The molecule has 142 valence electrons. The first-order valence-corrected chi connectivity index (χ1v) is 9.56. The van der Waals surface area contributed by atoms with Gasteiger partial charge in [-0.15, -0.1) is 24.0 Å². The first-order chi connectivity index (χ1) is 11.1. The predicted octanol–water partition coefficient (Wildman–Crippen LogP) is 2.37. The number of hydrogen-bond donors (Lipinski definition) is 2. The van der Waals surface area contributed by atoms with Gasteiger partial charge in [-0.25, -0.2) is 0 Å². The van der Waals surface area contributed by atoms with Crippen molar-refractivity contribution < 1.29 is 0 Å². The van der Waals surface area contributed by atoms with Crippen LogP contribution in [0.15, 0.2) is 4.99 Å². The summed E-state index contributed by atoms with van der Waals surface area (Å²) in [6.45, 7) is 13.9. The number of likely N-dealkylation sites (N-methyl/N-ethyl adjacent to an activating group) is 1. The van der Waals surface area contributed by atoms with Crippen LogP contribution in [0, 0.1) is 5.92 Å². The van der Waals surface area contributed by atoms with E-state index in [1.807, 2.05) is 7.05 Å². The van der Waals surface area contributed by atoms with Crippen LogP contribution in [0.1, 0.15) is 46.5 Å². The van der Waals surface area contributed by atoms with Crippen LogP contribution in [0.3, 0.4) is 0 Å². The molecule has 1 saturated carbocycles. The highest BCUT2D eigenvalue weighted by molar-refractivity contribution is 14.0. The van der Waals surface area contributed by atoms with Gasteiger partial charge in [0.25, 0.3) is 0 Å². The van der Waals surface area contributed by atoms with Crippen molar-refractivity contribution in [2.75, 3.05) is 46.3 Å². The molecule has 1 saturated heterocycles. The highest BCUT2D eigenvalue weighted by atomic mass is 127. The van der Waals surface area contributed by atoms with E-state index in [-0.39, 0.29) is 24.0 Å². The van der Waals surface area contributed by atoms with E-state index >= 15 is 0 Å². The maximum absolute atomic E-state index is 4.41. The third kappa shape index (κ3) is 7.04. The van der Waals surface area contributed by atoms with Gasteiger partial charge in [-0.05, 0) is 45.1 Å². The SMILES string of the molecule is CCN1CCN(C(C)CNC(=NC)NC2CCC(C)CC2)CC1.I.